The molecule has 1 aliphatic rings. The van der Waals surface area contributed by atoms with Crippen LogP contribution in [0.15, 0.2) is 42.5 Å². The molecule has 1 aliphatic heterocycles. The Hall–Kier alpha value is -2.24. The standard InChI is InChI=1S/C17H16FNO3/c18-14-3-1-2-11(6-14)16(20)8-17(21)19-15-5-4-12-9-22-10-13(12)7-15/h1-7,16,20H,8-10H2,(H,19,21). The Morgan fingerprint density at radius 1 is 1.23 bits per heavy atom. The van der Waals surface area contributed by atoms with Crippen LogP contribution in [-0.2, 0) is 22.7 Å². The Bertz CT molecular complexity index is 702. The summed E-state index contributed by atoms with van der Waals surface area (Å²) in [6.07, 6.45) is -1.16. The molecule has 0 bridgehead atoms. The molecule has 0 aliphatic carbocycles. The van der Waals surface area contributed by atoms with E-state index >= 15 is 0 Å². The van der Waals surface area contributed by atoms with Gasteiger partial charge in [-0.25, -0.2) is 4.39 Å². The third-order valence-electron chi connectivity index (χ3n) is 3.62. The lowest BCUT2D eigenvalue weighted by atomic mass is 10.1. The van der Waals surface area contributed by atoms with Crippen molar-refractivity contribution in [2.75, 3.05) is 5.32 Å². The first-order chi connectivity index (χ1) is 10.6. The molecule has 0 saturated heterocycles. The zero-order valence-electron chi connectivity index (χ0n) is 11.9. The Labute approximate surface area is 127 Å². The molecule has 2 aromatic rings. The van der Waals surface area contributed by atoms with E-state index in [2.05, 4.69) is 5.32 Å². The van der Waals surface area contributed by atoms with Crippen molar-refractivity contribution in [3.05, 3.63) is 65.0 Å². The number of fused-ring (bicyclic) bond motifs is 1. The predicted molar refractivity (Wildman–Crippen MR) is 79.5 cm³/mol. The zero-order chi connectivity index (χ0) is 15.5. The van der Waals surface area contributed by atoms with Gasteiger partial charge < -0.3 is 15.2 Å². The van der Waals surface area contributed by atoms with Gasteiger partial charge in [-0.3, -0.25) is 4.79 Å². The molecule has 0 fully saturated rings. The highest BCUT2D eigenvalue weighted by molar-refractivity contribution is 5.91. The van der Waals surface area contributed by atoms with Gasteiger partial charge >= 0.3 is 0 Å². The maximum absolute atomic E-state index is 13.1. The number of amides is 1. The second kappa shape index (κ2) is 6.25. The van der Waals surface area contributed by atoms with Crippen LogP contribution in [0.5, 0.6) is 0 Å². The summed E-state index contributed by atoms with van der Waals surface area (Å²) in [5.74, 6) is -0.758. The van der Waals surface area contributed by atoms with Crippen LogP contribution in [-0.4, -0.2) is 11.0 Å². The molecule has 1 unspecified atom stereocenters. The van der Waals surface area contributed by atoms with Crippen molar-refractivity contribution >= 4 is 11.6 Å². The molecule has 22 heavy (non-hydrogen) atoms. The number of anilines is 1. The number of rotatable bonds is 4. The summed E-state index contributed by atoms with van der Waals surface area (Å²) in [4.78, 5) is 12.0. The highest BCUT2D eigenvalue weighted by atomic mass is 19.1. The summed E-state index contributed by atoms with van der Waals surface area (Å²) in [6, 6.07) is 11.2. The van der Waals surface area contributed by atoms with Gasteiger partial charge in [0.2, 0.25) is 5.91 Å². The first-order valence-electron chi connectivity index (χ1n) is 7.05. The van der Waals surface area contributed by atoms with Gasteiger partial charge in [-0.1, -0.05) is 18.2 Å². The van der Waals surface area contributed by atoms with Gasteiger partial charge in [-0.15, -0.1) is 0 Å². The Morgan fingerprint density at radius 2 is 2.05 bits per heavy atom. The fourth-order valence-corrected chi connectivity index (χ4v) is 2.47. The lowest BCUT2D eigenvalue weighted by Crippen LogP contribution is -2.15. The Balaban J connectivity index is 1.62. The van der Waals surface area contributed by atoms with E-state index in [0.29, 0.717) is 24.5 Å². The molecule has 4 nitrogen and oxygen atoms in total. The van der Waals surface area contributed by atoms with E-state index in [9.17, 15) is 14.3 Å². The first kappa shape index (κ1) is 14.7. The van der Waals surface area contributed by atoms with E-state index in [4.69, 9.17) is 4.74 Å². The number of ether oxygens (including phenoxy) is 1. The van der Waals surface area contributed by atoms with Crippen LogP contribution in [0.4, 0.5) is 10.1 Å². The van der Waals surface area contributed by atoms with Crippen LogP contribution < -0.4 is 5.32 Å². The number of nitrogens with one attached hydrogen (secondary N) is 1. The summed E-state index contributed by atoms with van der Waals surface area (Å²) in [7, 11) is 0. The number of carbonyl (C=O) groups excluding carboxylic acids is 1. The summed E-state index contributed by atoms with van der Waals surface area (Å²) in [6.45, 7) is 1.15. The number of hydrogen-bond donors (Lipinski definition) is 2. The van der Waals surface area contributed by atoms with Crippen molar-refractivity contribution in [2.24, 2.45) is 0 Å². The summed E-state index contributed by atoms with van der Waals surface area (Å²) < 4.78 is 18.4. The van der Waals surface area contributed by atoms with Gasteiger partial charge in [0.1, 0.15) is 5.82 Å². The molecule has 1 heterocycles. The molecule has 2 aromatic carbocycles. The molecule has 0 spiro atoms. The van der Waals surface area contributed by atoms with Gasteiger partial charge in [0.05, 0.1) is 25.7 Å². The lowest BCUT2D eigenvalue weighted by molar-refractivity contribution is -0.118. The van der Waals surface area contributed by atoms with Crippen molar-refractivity contribution in [3.8, 4) is 0 Å². The third kappa shape index (κ3) is 3.32. The zero-order valence-corrected chi connectivity index (χ0v) is 11.9. The van der Waals surface area contributed by atoms with Crippen molar-refractivity contribution in [1.29, 1.82) is 0 Å². The Morgan fingerprint density at radius 3 is 2.86 bits per heavy atom. The largest absolute Gasteiger partial charge is 0.388 e. The van der Waals surface area contributed by atoms with Gasteiger partial charge in [-0.05, 0) is 41.0 Å². The molecule has 0 saturated carbocycles. The summed E-state index contributed by atoms with van der Waals surface area (Å²) >= 11 is 0. The summed E-state index contributed by atoms with van der Waals surface area (Å²) in [5.41, 5.74) is 3.24. The molecule has 114 valence electrons. The predicted octanol–water partition coefficient (Wildman–Crippen LogP) is 2.92. The van der Waals surface area contributed by atoms with Crippen LogP contribution in [0, 0.1) is 5.82 Å². The SMILES string of the molecule is O=C(CC(O)c1cccc(F)c1)Nc1ccc2c(c1)COC2. The van der Waals surface area contributed by atoms with E-state index < -0.39 is 11.9 Å². The minimum Gasteiger partial charge on any atom is -0.388 e. The molecule has 5 heteroatoms. The average Bonchev–Trinajstić information content (AvgIpc) is 2.94. The van der Waals surface area contributed by atoms with E-state index in [1.165, 1.54) is 18.2 Å². The molecule has 3 rings (SSSR count). The van der Waals surface area contributed by atoms with E-state index in [-0.39, 0.29) is 12.3 Å². The molecule has 1 amide bonds. The van der Waals surface area contributed by atoms with E-state index in [1.54, 1.807) is 12.1 Å². The number of aliphatic hydroxyl groups is 1. The van der Waals surface area contributed by atoms with Gasteiger partial charge in [0.15, 0.2) is 0 Å². The van der Waals surface area contributed by atoms with Crippen LogP contribution >= 0.6 is 0 Å². The Kier molecular flexibility index (Phi) is 4.18. The maximum atomic E-state index is 13.1. The van der Waals surface area contributed by atoms with Crippen LogP contribution in [0.3, 0.4) is 0 Å². The number of benzene rings is 2. The molecule has 0 radical (unpaired) electrons. The van der Waals surface area contributed by atoms with Gasteiger partial charge in [-0.2, -0.15) is 0 Å². The highest BCUT2D eigenvalue weighted by Crippen LogP contribution is 2.24. The first-order valence-corrected chi connectivity index (χ1v) is 7.05. The van der Waals surface area contributed by atoms with Crippen molar-refractivity contribution in [1.82, 2.24) is 0 Å². The fourth-order valence-electron chi connectivity index (χ4n) is 2.47. The minimum absolute atomic E-state index is 0.128. The van der Waals surface area contributed by atoms with E-state index in [0.717, 1.165) is 11.1 Å². The van der Waals surface area contributed by atoms with Crippen LogP contribution in [0.2, 0.25) is 0 Å². The maximum Gasteiger partial charge on any atom is 0.227 e. The average molecular weight is 301 g/mol. The number of halogens is 1. The molecule has 1 atom stereocenters. The molecular formula is C17H16FNO3. The van der Waals surface area contributed by atoms with Crippen LogP contribution in [0.1, 0.15) is 29.2 Å². The van der Waals surface area contributed by atoms with Crippen molar-refractivity contribution in [3.63, 3.8) is 0 Å². The number of hydrogen-bond acceptors (Lipinski definition) is 3. The van der Waals surface area contributed by atoms with Crippen molar-refractivity contribution in [2.45, 2.75) is 25.7 Å². The molecule has 2 N–H and O–H groups in total. The third-order valence-corrected chi connectivity index (χ3v) is 3.62. The van der Waals surface area contributed by atoms with Crippen LogP contribution in [0.25, 0.3) is 0 Å². The number of aliphatic hydroxyl groups excluding tert-OH is 1. The number of carbonyl (C=O) groups is 1. The lowest BCUT2D eigenvalue weighted by Gasteiger charge is -2.12. The highest BCUT2D eigenvalue weighted by Gasteiger charge is 2.15. The van der Waals surface area contributed by atoms with Crippen molar-refractivity contribution < 1.29 is 19.0 Å². The topological polar surface area (TPSA) is 58.6 Å². The molecular weight excluding hydrogens is 285 g/mol. The fraction of sp³-hybridized carbons (Fsp3) is 0.235. The summed E-state index contributed by atoms with van der Waals surface area (Å²) in [5, 5.41) is 12.7. The monoisotopic (exact) mass is 301 g/mol. The molecule has 0 aromatic heterocycles. The second-order valence-electron chi connectivity index (χ2n) is 5.30. The minimum atomic E-state index is -1.03. The quantitative estimate of drug-likeness (QED) is 0.913. The second-order valence-corrected chi connectivity index (χ2v) is 5.30. The smallest absolute Gasteiger partial charge is 0.227 e. The van der Waals surface area contributed by atoms with E-state index in [1.807, 2.05) is 12.1 Å². The normalized spacial score (nSPS) is 14.5. The van der Waals surface area contributed by atoms with Gasteiger partial charge in [0, 0.05) is 5.69 Å². The van der Waals surface area contributed by atoms with Gasteiger partial charge in [0.25, 0.3) is 0 Å².